The molecule has 1 aromatic rings. The Morgan fingerprint density at radius 2 is 1.55 bits per heavy atom. The van der Waals surface area contributed by atoms with Crippen molar-refractivity contribution in [3.8, 4) is 0 Å². The molecule has 0 aromatic heterocycles. The van der Waals surface area contributed by atoms with E-state index in [1.807, 2.05) is 0 Å². The minimum atomic E-state index is -0.703. The van der Waals surface area contributed by atoms with Crippen LogP contribution in [0.15, 0.2) is 18.2 Å². The minimum Gasteiger partial charge on any atom is -0.851 e. The van der Waals surface area contributed by atoms with Crippen molar-refractivity contribution in [3.05, 3.63) is 35.4 Å². The molecule has 0 aliphatic rings. The van der Waals surface area contributed by atoms with Gasteiger partial charge in [-0.05, 0) is 12.1 Å². The third-order valence-electron chi connectivity index (χ3n) is 1.09. The molecule has 0 spiro atoms. The average Bonchev–Trinajstić information content (AvgIpc) is 1.85. The quantitative estimate of drug-likeness (QED) is 0.453. The van der Waals surface area contributed by atoms with E-state index in [0.717, 1.165) is 18.2 Å². The first-order valence-electron chi connectivity index (χ1n) is 2.75. The van der Waals surface area contributed by atoms with E-state index in [-0.39, 0.29) is 56.9 Å². The first-order chi connectivity index (χ1) is 4.72. The monoisotopic (exact) mass is 182 g/mol. The largest absolute Gasteiger partial charge is 1.00 e. The molecule has 0 atom stereocenters. The molecule has 1 rings (SSSR count). The Bertz CT molecular complexity index is 220. The molecule has 0 bridgehead atoms. The molecule has 54 valence electrons. The molecule has 0 unspecified atom stereocenters. The molecule has 0 aliphatic carbocycles. The summed E-state index contributed by atoms with van der Waals surface area (Å²) in [6.07, 6.45) is 0. The third kappa shape index (κ3) is 3.73. The maximum atomic E-state index is 12.2. The van der Waals surface area contributed by atoms with Gasteiger partial charge in [0.1, 0.15) is 11.6 Å². The third-order valence-corrected chi connectivity index (χ3v) is 1.09. The fraction of sp³-hybridized carbons (Fsp3) is 0.143. The van der Waals surface area contributed by atoms with Gasteiger partial charge in [-0.3, -0.25) is 0 Å². The summed E-state index contributed by atoms with van der Waals surface area (Å²) in [6, 6.07) is 2.78. The average molecular weight is 182 g/mol. The Hall–Kier alpha value is 0.676. The Morgan fingerprint density at radius 1 is 1.09 bits per heavy atom. The van der Waals surface area contributed by atoms with Crippen molar-refractivity contribution >= 4 is 0 Å². The second-order valence-corrected chi connectivity index (χ2v) is 1.92. The van der Waals surface area contributed by atoms with Crippen LogP contribution < -0.4 is 56.5 Å². The smallest absolute Gasteiger partial charge is 0.851 e. The summed E-state index contributed by atoms with van der Waals surface area (Å²) in [5.41, 5.74) is 0.137. The van der Waals surface area contributed by atoms with Crippen LogP contribution in [-0.2, 0) is 6.61 Å². The molecule has 0 N–H and O–H groups in total. The van der Waals surface area contributed by atoms with Crippen LogP contribution in [0.5, 0.6) is 0 Å². The molecule has 4 heteroatoms. The van der Waals surface area contributed by atoms with E-state index in [1.165, 1.54) is 0 Å². The molecule has 0 saturated heterocycles. The van der Waals surface area contributed by atoms with Crippen LogP contribution in [0.1, 0.15) is 5.56 Å². The number of hydrogen-bond donors (Lipinski definition) is 0. The SMILES string of the molecule is [K+].[O-]Cc1cc(F)cc(F)c1. The number of hydrogen-bond acceptors (Lipinski definition) is 1. The van der Waals surface area contributed by atoms with Crippen molar-refractivity contribution in [2.45, 2.75) is 6.61 Å². The van der Waals surface area contributed by atoms with Crippen molar-refractivity contribution < 1.29 is 65.3 Å². The van der Waals surface area contributed by atoms with Crippen LogP contribution in [0.3, 0.4) is 0 Å². The Morgan fingerprint density at radius 3 is 1.91 bits per heavy atom. The molecule has 0 amide bonds. The maximum Gasteiger partial charge on any atom is 1.00 e. The molecule has 11 heavy (non-hydrogen) atoms. The normalized spacial score (nSPS) is 9.00. The van der Waals surface area contributed by atoms with E-state index in [4.69, 9.17) is 0 Å². The van der Waals surface area contributed by atoms with Crippen LogP contribution >= 0.6 is 0 Å². The maximum absolute atomic E-state index is 12.2. The number of rotatable bonds is 1. The van der Waals surface area contributed by atoms with Gasteiger partial charge in [0.15, 0.2) is 0 Å². The summed E-state index contributed by atoms with van der Waals surface area (Å²) in [5.74, 6) is -1.41. The van der Waals surface area contributed by atoms with Gasteiger partial charge in [-0.15, -0.1) is 6.61 Å². The van der Waals surface area contributed by atoms with Crippen LogP contribution in [0.4, 0.5) is 8.78 Å². The van der Waals surface area contributed by atoms with E-state index >= 15 is 0 Å². The zero-order valence-electron chi connectivity index (χ0n) is 6.10. The van der Waals surface area contributed by atoms with E-state index in [9.17, 15) is 13.9 Å². The second kappa shape index (κ2) is 5.34. The summed E-state index contributed by atoms with van der Waals surface area (Å²) in [7, 11) is 0. The van der Waals surface area contributed by atoms with Gasteiger partial charge >= 0.3 is 51.4 Å². The molecule has 0 aliphatic heterocycles. The minimum absolute atomic E-state index is 0. The standard InChI is InChI=1S/C7H5F2O.K/c8-6-1-5(4-10)2-7(9)3-6;/h1-3H,4H2;/q-1;+1. The predicted octanol–water partition coefficient (Wildman–Crippen LogP) is -2.17. The van der Waals surface area contributed by atoms with Gasteiger partial charge < -0.3 is 5.11 Å². The van der Waals surface area contributed by atoms with Crippen molar-refractivity contribution in [2.75, 3.05) is 0 Å². The van der Waals surface area contributed by atoms with Gasteiger partial charge in [0.25, 0.3) is 0 Å². The fourth-order valence-electron chi connectivity index (χ4n) is 0.694. The van der Waals surface area contributed by atoms with Crippen molar-refractivity contribution in [1.82, 2.24) is 0 Å². The van der Waals surface area contributed by atoms with Gasteiger partial charge in [-0.1, -0.05) is 5.56 Å². The van der Waals surface area contributed by atoms with E-state index in [0.29, 0.717) is 0 Å². The molecule has 0 fully saturated rings. The number of benzene rings is 1. The molecule has 1 nitrogen and oxygen atoms in total. The summed E-state index contributed by atoms with van der Waals surface area (Å²) >= 11 is 0. The van der Waals surface area contributed by atoms with E-state index in [2.05, 4.69) is 0 Å². The Labute approximate surface area is 106 Å². The summed E-state index contributed by atoms with van der Waals surface area (Å²) in [4.78, 5) is 0. The molecule has 0 radical (unpaired) electrons. The summed E-state index contributed by atoms with van der Waals surface area (Å²) < 4.78 is 24.5. The molecule has 0 saturated carbocycles. The number of halogens is 2. The van der Waals surface area contributed by atoms with Gasteiger partial charge in [-0.2, -0.15) is 0 Å². The molecular formula is C7H5F2KO. The topological polar surface area (TPSA) is 23.1 Å². The molecule has 0 heterocycles. The van der Waals surface area contributed by atoms with Gasteiger partial charge in [-0.25, -0.2) is 8.78 Å². The fourth-order valence-corrected chi connectivity index (χ4v) is 0.694. The molecule has 1 aromatic carbocycles. The Balaban J connectivity index is 0.000001000. The van der Waals surface area contributed by atoms with Gasteiger partial charge in [0, 0.05) is 6.07 Å². The van der Waals surface area contributed by atoms with Crippen molar-refractivity contribution in [1.29, 1.82) is 0 Å². The first kappa shape index (κ1) is 11.7. The summed E-state index contributed by atoms with van der Waals surface area (Å²) in [5, 5.41) is 10.1. The predicted molar refractivity (Wildman–Crippen MR) is 30.1 cm³/mol. The van der Waals surface area contributed by atoms with Crippen molar-refractivity contribution in [2.24, 2.45) is 0 Å². The Kier molecular flexibility index (Phi) is 5.67. The van der Waals surface area contributed by atoms with Gasteiger partial charge in [0.2, 0.25) is 0 Å². The van der Waals surface area contributed by atoms with Crippen LogP contribution in [0.25, 0.3) is 0 Å². The van der Waals surface area contributed by atoms with Crippen molar-refractivity contribution in [3.63, 3.8) is 0 Å². The van der Waals surface area contributed by atoms with Crippen LogP contribution in [0, 0.1) is 11.6 Å². The zero-order valence-corrected chi connectivity index (χ0v) is 9.23. The summed E-state index contributed by atoms with van der Waals surface area (Å²) in [6.45, 7) is -0.589. The zero-order chi connectivity index (χ0) is 7.56. The second-order valence-electron chi connectivity index (χ2n) is 1.92. The van der Waals surface area contributed by atoms with Crippen LogP contribution in [-0.4, -0.2) is 0 Å². The van der Waals surface area contributed by atoms with Crippen LogP contribution in [0.2, 0.25) is 0 Å². The van der Waals surface area contributed by atoms with Gasteiger partial charge in [0.05, 0.1) is 0 Å². The first-order valence-corrected chi connectivity index (χ1v) is 2.75. The molecular weight excluding hydrogens is 177 g/mol. The van der Waals surface area contributed by atoms with E-state index < -0.39 is 18.2 Å². The van der Waals surface area contributed by atoms with E-state index in [1.54, 1.807) is 0 Å².